The summed E-state index contributed by atoms with van der Waals surface area (Å²) in [6.07, 6.45) is 2.31. The van der Waals surface area contributed by atoms with Crippen LogP contribution in [0.25, 0.3) is 0 Å². The van der Waals surface area contributed by atoms with Crippen molar-refractivity contribution in [3.63, 3.8) is 0 Å². The average molecular weight is 259 g/mol. The number of aryl methyl sites for hydroxylation is 3. The van der Waals surface area contributed by atoms with Crippen LogP contribution in [0.15, 0.2) is 24.4 Å². The maximum Gasteiger partial charge on any atom is 0.303 e. The van der Waals surface area contributed by atoms with E-state index in [4.69, 9.17) is 5.11 Å². The van der Waals surface area contributed by atoms with Crippen molar-refractivity contribution in [2.75, 3.05) is 0 Å². The number of carboxylic acid groups (broad SMARTS) is 1. The van der Waals surface area contributed by atoms with Crippen LogP contribution in [0.3, 0.4) is 0 Å². The third-order valence-corrected chi connectivity index (χ3v) is 3.10. The molecule has 0 bridgehead atoms. The molecule has 0 radical (unpaired) electrons. The highest BCUT2D eigenvalue weighted by atomic mass is 16.4. The number of hydrogen-bond donors (Lipinski definition) is 1. The van der Waals surface area contributed by atoms with Crippen LogP contribution < -0.4 is 0 Å². The van der Waals surface area contributed by atoms with E-state index in [1.807, 2.05) is 0 Å². The van der Waals surface area contributed by atoms with E-state index in [0.717, 1.165) is 5.56 Å². The molecule has 5 nitrogen and oxygen atoms in total. The molecular weight excluding hydrogens is 242 g/mol. The number of carbonyl (C=O) groups is 1. The van der Waals surface area contributed by atoms with Crippen molar-refractivity contribution in [3.8, 4) is 0 Å². The van der Waals surface area contributed by atoms with Crippen LogP contribution in [0.1, 0.15) is 28.8 Å². The minimum absolute atomic E-state index is 0.0856. The Morgan fingerprint density at radius 3 is 2.79 bits per heavy atom. The van der Waals surface area contributed by atoms with Crippen LogP contribution in [0.5, 0.6) is 0 Å². The Labute approximate surface area is 111 Å². The second-order valence-electron chi connectivity index (χ2n) is 4.72. The highest BCUT2D eigenvalue weighted by Gasteiger charge is 2.05. The van der Waals surface area contributed by atoms with Gasteiger partial charge < -0.3 is 5.11 Å². The normalized spacial score (nSPS) is 10.6. The fourth-order valence-electron chi connectivity index (χ4n) is 1.85. The number of aliphatic carboxylic acids is 1. The van der Waals surface area contributed by atoms with Crippen molar-refractivity contribution in [3.05, 3.63) is 46.8 Å². The molecule has 0 atom stereocenters. The molecule has 0 aliphatic carbocycles. The second kappa shape index (κ2) is 5.65. The lowest BCUT2D eigenvalue weighted by atomic mass is 10.1. The molecule has 0 spiro atoms. The van der Waals surface area contributed by atoms with Gasteiger partial charge in [-0.05, 0) is 30.5 Å². The Bertz CT molecular complexity index is 590. The molecular formula is C14H17N3O2. The first-order valence-electron chi connectivity index (χ1n) is 6.21. The standard InChI is InChI=1S/C14H17N3O2/c1-10-3-4-12(7-11(10)2)8-17-9-13(15-16-17)5-6-14(18)19/h3-4,7,9H,5-6,8H2,1-2H3,(H,18,19). The van der Waals surface area contributed by atoms with Crippen molar-refractivity contribution < 1.29 is 9.90 Å². The van der Waals surface area contributed by atoms with Crippen LogP contribution in [0, 0.1) is 13.8 Å². The predicted octanol–water partition coefficient (Wildman–Crippen LogP) is 1.96. The monoisotopic (exact) mass is 259 g/mol. The Kier molecular flexibility index (Phi) is 3.94. The quantitative estimate of drug-likeness (QED) is 0.891. The van der Waals surface area contributed by atoms with E-state index in [2.05, 4.69) is 42.4 Å². The van der Waals surface area contributed by atoms with Crippen LogP contribution in [-0.4, -0.2) is 26.1 Å². The second-order valence-corrected chi connectivity index (χ2v) is 4.72. The lowest BCUT2D eigenvalue weighted by molar-refractivity contribution is -0.136. The summed E-state index contributed by atoms with van der Waals surface area (Å²) in [6, 6.07) is 6.29. The first kappa shape index (κ1) is 13.3. The van der Waals surface area contributed by atoms with E-state index in [1.165, 1.54) is 11.1 Å². The zero-order chi connectivity index (χ0) is 13.8. The summed E-state index contributed by atoms with van der Waals surface area (Å²) in [5.41, 5.74) is 4.40. The van der Waals surface area contributed by atoms with E-state index >= 15 is 0 Å². The van der Waals surface area contributed by atoms with Gasteiger partial charge >= 0.3 is 5.97 Å². The van der Waals surface area contributed by atoms with Crippen molar-refractivity contribution in [1.82, 2.24) is 15.0 Å². The number of nitrogens with zero attached hydrogens (tertiary/aromatic N) is 3. The van der Waals surface area contributed by atoms with Crippen molar-refractivity contribution in [2.24, 2.45) is 0 Å². The van der Waals surface area contributed by atoms with Crippen LogP contribution >= 0.6 is 0 Å². The predicted molar refractivity (Wildman–Crippen MR) is 71.0 cm³/mol. The van der Waals surface area contributed by atoms with Gasteiger partial charge in [0.25, 0.3) is 0 Å². The molecule has 19 heavy (non-hydrogen) atoms. The number of hydrogen-bond acceptors (Lipinski definition) is 3. The SMILES string of the molecule is Cc1ccc(Cn2cc(CCC(=O)O)nn2)cc1C. The molecule has 5 heteroatoms. The van der Waals surface area contributed by atoms with Crippen LogP contribution in [0.4, 0.5) is 0 Å². The third-order valence-electron chi connectivity index (χ3n) is 3.10. The third kappa shape index (κ3) is 3.64. The molecule has 0 amide bonds. The summed E-state index contributed by atoms with van der Waals surface area (Å²) < 4.78 is 1.74. The van der Waals surface area contributed by atoms with Gasteiger partial charge in [-0.1, -0.05) is 23.4 Å². The Balaban J connectivity index is 2.02. The maximum absolute atomic E-state index is 10.5. The van der Waals surface area contributed by atoms with Gasteiger partial charge in [0.15, 0.2) is 0 Å². The molecule has 100 valence electrons. The summed E-state index contributed by atoms with van der Waals surface area (Å²) in [5.74, 6) is -0.816. The van der Waals surface area contributed by atoms with E-state index in [9.17, 15) is 4.79 Å². The van der Waals surface area contributed by atoms with Crippen molar-refractivity contribution in [1.29, 1.82) is 0 Å². The molecule has 2 aromatic rings. The van der Waals surface area contributed by atoms with Crippen LogP contribution in [-0.2, 0) is 17.8 Å². The first-order chi connectivity index (χ1) is 9.04. The molecule has 1 N–H and O–H groups in total. The Morgan fingerprint density at radius 1 is 1.32 bits per heavy atom. The fourth-order valence-corrected chi connectivity index (χ4v) is 1.85. The molecule has 0 saturated heterocycles. The maximum atomic E-state index is 10.5. The van der Waals surface area contributed by atoms with E-state index < -0.39 is 5.97 Å². The lowest BCUT2D eigenvalue weighted by Gasteiger charge is -2.04. The molecule has 1 aromatic heterocycles. The average Bonchev–Trinajstić information content (AvgIpc) is 2.79. The minimum atomic E-state index is -0.816. The fraction of sp³-hybridized carbons (Fsp3) is 0.357. The van der Waals surface area contributed by atoms with E-state index in [0.29, 0.717) is 18.7 Å². The molecule has 0 unspecified atom stereocenters. The van der Waals surface area contributed by atoms with E-state index in [1.54, 1.807) is 10.9 Å². The molecule has 1 aromatic carbocycles. The van der Waals surface area contributed by atoms with Gasteiger partial charge in [0.05, 0.1) is 18.7 Å². The number of benzene rings is 1. The van der Waals surface area contributed by atoms with Gasteiger partial charge in [-0.3, -0.25) is 4.79 Å². The van der Waals surface area contributed by atoms with Gasteiger partial charge in [-0.25, -0.2) is 4.68 Å². The summed E-state index contributed by atoms with van der Waals surface area (Å²) in [7, 11) is 0. The zero-order valence-electron chi connectivity index (χ0n) is 11.1. The van der Waals surface area contributed by atoms with Gasteiger partial charge in [-0.2, -0.15) is 0 Å². The number of carboxylic acids is 1. The van der Waals surface area contributed by atoms with Crippen molar-refractivity contribution >= 4 is 5.97 Å². The smallest absolute Gasteiger partial charge is 0.303 e. The molecule has 1 heterocycles. The number of aromatic nitrogens is 3. The van der Waals surface area contributed by atoms with Crippen molar-refractivity contribution in [2.45, 2.75) is 33.2 Å². The Morgan fingerprint density at radius 2 is 2.11 bits per heavy atom. The topological polar surface area (TPSA) is 68.0 Å². The number of rotatable bonds is 5. The van der Waals surface area contributed by atoms with Gasteiger partial charge in [0.2, 0.25) is 0 Å². The zero-order valence-corrected chi connectivity index (χ0v) is 11.1. The summed E-state index contributed by atoms with van der Waals surface area (Å²) in [5, 5.41) is 16.6. The first-order valence-corrected chi connectivity index (χ1v) is 6.21. The summed E-state index contributed by atoms with van der Waals surface area (Å²) in [6.45, 7) is 4.82. The minimum Gasteiger partial charge on any atom is -0.481 e. The molecule has 0 aliphatic rings. The summed E-state index contributed by atoms with van der Waals surface area (Å²) >= 11 is 0. The summed E-state index contributed by atoms with van der Waals surface area (Å²) in [4.78, 5) is 10.5. The van der Waals surface area contributed by atoms with Crippen LogP contribution in [0.2, 0.25) is 0 Å². The highest BCUT2D eigenvalue weighted by molar-refractivity contribution is 5.66. The highest BCUT2D eigenvalue weighted by Crippen LogP contribution is 2.11. The Hall–Kier alpha value is -2.17. The molecule has 0 aliphatic heterocycles. The largest absolute Gasteiger partial charge is 0.481 e. The molecule has 0 saturated carbocycles. The molecule has 0 fully saturated rings. The van der Waals surface area contributed by atoms with E-state index in [-0.39, 0.29) is 6.42 Å². The van der Waals surface area contributed by atoms with Gasteiger partial charge in [-0.15, -0.1) is 5.10 Å². The lowest BCUT2D eigenvalue weighted by Crippen LogP contribution is -2.01. The van der Waals surface area contributed by atoms with Gasteiger partial charge in [0.1, 0.15) is 0 Å². The van der Waals surface area contributed by atoms with Gasteiger partial charge in [0, 0.05) is 12.6 Å². The molecule has 2 rings (SSSR count).